The highest BCUT2D eigenvalue weighted by atomic mass is 35.5. The second-order valence-corrected chi connectivity index (χ2v) is 11.1. The average molecular weight is 506 g/mol. The Labute approximate surface area is 207 Å². The highest BCUT2D eigenvalue weighted by molar-refractivity contribution is 7.92. The molecule has 0 spiro atoms. The molecule has 1 aliphatic carbocycles. The number of carbonyl (C=O) groups is 2. The lowest BCUT2D eigenvalue weighted by molar-refractivity contribution is -0.139. The molecular formula is C25H32ClN3O4S. The third-order valence-corrected chi connectivity index (χ3v) is 7.50. The van der Waals surface area contributed by atoms with Gasteiger partial charge in [-0.3, -0.25) is 13.9 Å². The number of benzene rings is 2. The van der Waals surface area contributed by atoms with Crippen molar-refractivity contribution in [2.45, 2.75) is 57.7 Å². The summed E-state index contributed by atoms with van der Waals surface area (Å²) >= 11 is 6.00. The second-order valence-electron chi connectivity index (χ2n) is 8.77. The van der Waals surface area contributed by atoms with Crippen LogP contribution in [0.15, 0.2) is 54.6 Å². The first-order valence-electron chi connectivity index (χ1n) is 11.5. The molecule has 0 heterocycles. The van der Waals surface area contributed by atoms with Crippen molar-refractivity contribution >= 4 is 39.1 Å². The Balaban J connectivity index is 1.84. The van der Waals surface area contributed by atoms with Crippen LogP contribution in [0.2, 0.25) is 5.02 Å². The zero-order chi connectivity index (χ0) is 24.7. The smallest absolute Gasteiger partial charge is 0.244 e. The number of halogens is 1. The van der Waals surface area contributed by atoms with Crippen LogP contribution in [0.1, 0.15) is 44.6 Å². The number of rotatable bonds is 9. The van der Waals surface area contributed by atoms with E-state index >= 15 is 0 Å². The fourth-order valence-electron chi connectivity index (χ4n) is 4.15. The molecule has 7 nitrogen and oxygen atoms in total. The number of amides is 2. The molecule has 2 amide bonds. The topological polar surface area (TPSA) is 86.8 Å². The molecule has 1 fully saturated rings. The number of nitrogens with one attached hydrogen (secondary N) is 1. The van der Waals surface area contributed by atoms with E-state index in [4.69, 9.17) is 11.6 Å². The number of sulfonamides is 1. The van der Waals surface area contributed by atoms with E-state index < -0.39 is 28.5 Å². The van der Waals surface area contributed by atoms with E-state index in [1.54, 1.807) is 61.5 Å². The van der Waals surface area contributed by atoms with Gasteiger partial charge in [0.05, 0.1) is 11.9 Å². The Bertz CT molecular complexity index is 1070. The standard InChI is InChI=1S/C25H32ClN3O4S/c1-19(25(31)27-22-9-5-3-6-10-22)28(17-20-13-15-21(26)16-14-20)24(30)18-29(34(2,32)33)23-11-7-4-8-12-23/h4,7-8,11-16,19,22H,3,5-6,9-10,17-18H2,1-2H3,(H,27,31)/t19-/m0/s1. The summed E-state index contributed by atoms with van der Waals surface area (Å²) in [6.45, 7) is 1.43. The molecule has 1 saturated carbocycles. The van der Waals surface area contributed by atoms with Gasteiger partial charge in [-0.25, -0.2) is 8.42 Å². The minimum Gasteiger partial charge on any atom is -0.352 e. The van der Waals surface area contributed by atoms with Crippen molar-refractivity contribution in [3.63, 3.8) is 0 Å². The number of anilines is 1. The van der Waals surface area contributed by atoms with Crippen LogP contribution < -0.4 is 9.62 Å². The second kappa shape index (κ2) is 11.7. The number of hydrogen-bond acceptors (Lipinski definition) is 4. The fourth-order valence-corrected chi connectivity index (χ4v) is 5.12. The van der Waals surface area contributed by atoms with E-state index in [1.807, 2.05) is 0 Å². The molecule has 0 unspecified atom stereocenters. The Morgan fingerprint density at radius 2 is 1.65 bits per heavy atom. The van der Waals surface area contributed by atoms with Crippen LogP contribution in [0.3, 0.4) is 0 Å². The molecule has 1 aliphatic rings. The molecule has 1 atom stereocenters. The van der Waals surface area contributed by atoms with Gasteiger partial charge in [-0.15, -0.1) is 0 Å². The molecule has 3 rings (SSSR count). The molecule has 0 aliphatic heterocycles. The van der Waals surface area contributed by atoms with Gasteiger partial charge in [-0.1, -0.05) is 61.2 Å². The van der Waals surface area contributed by atoms with Gasteiger partial charge in [-0.2, -0.15) is 0 Å². The van der Waals surface area contributed by atoms with Gasteiger partial charge in [0.15, 0.2) is 0 Å². The molecule has 0 bridgehead atoms. The average Bonchev–Trinajstić information content (AvgIpc) is 2.82. The summed E-state index contributed by atoms with van der Waals surface area (Å²) in [5, 5.41) is 3.65. The number of hydrogen-bond donors (Lipinski definition) is 1. The normalized spacial score (nSPS) is 15.4. The fraction of sp³-hybridized carbons (Fsp3) is 0.440. The number of para-hydroxylation sites is 1. The van der Waals surface area contributed by atoms with E-state index in [-0.39, 0.29) is 18.5 Å². The van der Waals surface area contributed by atoms with E-state index in [0.717, 1.165) is 41.8 Å². The first-order chi connectivity index (χ1) is 16.1. The maximum atomic E-state index is 13.5. The minimum absolute atomic E-state index is 0.105. The van der Waals surface area contributed by atoms with Crippen LogP contribution in [-0.2, 0) is 26.2 Å². The van der Waals surface area contributed by atoms with Crippen LogP contribution in [0, 0.1) is 0 Å². The highest BCUT2D eigenvalue weighted by Gasteiger charge is 2.31. The van der Waals surface area contributed by atoms with E-state index in [2.05, 4.69) is 5.32 Å². The van der Waals surface area contributed by atoms with Crippen LogP contribution >= 0.6 is 11.6 Å². The molecule has 34 heavy (non-hydrogen) atoms. The summed E-state index contributed by atoms with van der Waals surface area (Å²) in [5.74, 6) is -0.699. The van der Waals surface area contributed by atoms with Crippen molar-refractivity contribution in [2.24, 2.45) is 0 Å². The van der Waals surface area contributed by atoms with Gasteiger partial charge < -0.3 is 10.2 Å². The Morgan fingerprint density at radius 1 is 1.03 bits per heavy atom. The molecule has 1 N–H and O–H groups in total. The van der Waals surface area contributed by atoms with Crippen LogP contribution in [-0.4, -0.2) is 50.0 Å². The Hall–Kier alpha value is -2.58. The predicted octanol–water partition coefficient (Wildman–Crippen LogP) is 3.97. The van der Waals surface area contributed by atoms with Gasteiger partial charge in [0.2, 0.25) is 21.8 Å². The molecule has 184 valence electrons. The molecular weight excluding hydrogens is 474 g/mol. The molecule has 2 aromatic carbocycles. The Kier molecular flexibility index (Phi) is 8.97. The molecule has 9 heteroatoms. The van der Waals surface area contributed by atoms with Crippen molar-refractivity contribution in [1.82, 2.24) is 10.2 Å². The van der Waals surface area contributed by atoms with E-state index in [1.165, 1.54) is 11.3 Å². The van der Waals surface area contributed by atoms with E-state index in [9.17, 15) is 18.0 Å². The predicted molar refractivity (Wildman–Crippen MR) is 135 cm³/mol. The van der Waals surface area contributed by atoms with Gasteiger partial charge in [-0.05, 0) is 49.6 Å². The van der Waals surface area contributed by atoms with E-state index in [0.29, 0.717) is 10.7 Å². The third kappa shape index (κ3) is 7.21. The van der Waals surface area contributed by atoms with Crippen LogP contribution in [0.4, 0.5) is 5.69 Å². The quantitative estimate of drug-likeness (QED) is 0.558. The largest absolute Gasteiger partial charge is 0.352 e. The lowest BCUT2D eigenvalue weighted by Gasteiger charge is -2.33. The zero-order valence-electron chi connectivity index (χ0n) is 19.6. The molecule has 2 aromatic rings. The zero-order valence-corrected chi connectivity index (χ0v) is 21.2. The van der Waals surface area contributed by atoms with Crippen LogP contribution in [0.25, 0.3) is 0 Å². The van der Waals surface area contributed by atoms with Gasteiger partial charge >= 0.3 is 0 Å². The number of carbonyl (C=O) groups excluding carboxylic acids is 2. The molecule has 0 radical (unpaired) electrons. The molecule has 0 saturated heterocycles. The minimum atomic E-state index is -3.73. The first kappa shape index (κ1) is 26.0. The summed E-state index contributed by atoms with van der Waals surface area (Å²) < 4.78 is 26.1. The first-order valence-corrected chi connectivity index (χ1v) is 13.7. The summed E-state index contributed by atoms with van der Waals surface area (Å²) in [7, 11) is -3.73. The maximum absolute atomic E-state index is 13.5. The van der Waals surface area contributed by atoms with Crippen molar-refractivity contribution in [3.8, 4) is 0 Å². The van der Waals surface area contributed by atoms with Crippen molar-refractivity contribution in [1.29, 1.82) is 0 Å². The maximum Gasteiger partial charge on any atom is 0.244 e. The summed E-state index contributed by atoms with van der Waals surface area (Å²) in [6, 6.07) is 14.8. The Morgan fingerprint density at radius 3 is 2.24 bits per heavy atom. The lowest BCUT2D eigenvalue weighted by atomic mass is 9.95. The van der Waals surface area contributed by atoms with Gasteiger partial charge in [0.1, 0.15) is 12.6 Å². The lowest BCUT2D eigenvalue weighted by Crippen LogP contribution is -2.52. The van der Waals surface area contributed by atoms with Crippen molar-refractivity contribution < 1.29 is 18.0 Å². The third-order valence-electron chi connectivity index (χ3n) is 6.11. The summed E-state index contributed by atoms with van der Waals surface area (Å²) in [5.41, 5.74) is 1.18. The van der Waals surface area contributed by atoms with Crippen molar-refractivity contribution in [3.05, 3.63) is 65.2 Å². The SMILES string of the molecule is C[C@@H](C(=O)NC1CCCCC1)N(Cc1ccc(Cl)cc1)C(=O)CN(c1ccccc1)S(C)(=O)=O. The van der Waals surface area contributed by atoms with Gasteiger partial charge in [0.25, 0.3) is 0 Å². The van der Waals surface area contributed by atoms with Gasteiger partial charge in [0, 0.05) is 17.6 Å². The van der Waals surface area contributed by atoms with Crippen LogP contribution in [0.5, 0.6) is 0 Å². The number of nitrogens with zero attached hydrogens (tertiary/aromatic N) is 2. The van der Waals surface area contributed by atoms with Crippen molar-refractivity contribution in [2.75, 3.05) is 17.1 Å². The summed E-state index contributed by atoms with van der Waals surface area (Å²) in [6.07, 6.45) is 6.25. The summed E-state index contributed by atoms with van der Waals surface area (Å²) in [4.78, 5) is 28.0. The monoisotopic (exact) mass is 505 g/mol. The molecule has 0 aromatic heterocycles. The highest BCUT2D eigenvalue weighted by Crippen LogP contribution is 2.20.